The molecular weight excluding hydrogens is 228 g/mol. The van der Waals surface area contributed by atoms with E-state index in [4.69, 9.17) is 0 Å². The van der Waals surface area contributed by atoms with Crippen molar-refractivity contribution >= 4 is 12.6 Å². The number of likely N-dealkylation sites (tertiary alicyclic amines) is 2. The summed E-state index contributed by atoms with van der Waals surface area (Å²) in [6, 6.07) is 0.867. The monoisotopic (exact) mass is 254 g/mol. The van der Waals surface area contributed by atoms with E-state index in [9.17, 15) is 0 Å². The minimum atomic E-state index is 0.611. The number of hydrogen-bond donors (Lipinski definition) is 1. The summed E-state index contributed by atoms with van der Waals surface area (Å²) in [6.45, 7) is 6.69. The van der Waals surface area contributed by atoms with E-state index in [1.807, 2.05) is 0 Å². The highest BCUT2D eigenvalue weighted by molar-refractivity contribution is 7.80. The largest absolute Gasteiger partial charge is 0.301 e. The lowest BCUT2D eigenvalue weighted by Crippen LogP contribution is -2.41. The van der Waals surface area contributed by atoms with E-state index in [-0.39, 0.29) is 0 Å². The van der Waals surface area contributed by atoms with Gasteiger partial charge >= 0.3 is 0 Å². The van der Waals surface area contributed by atoms with E-state index in [0.717, 1.165) is 11.8 Å². The van der Waals surface area contributed by atoms with Crippen molar-refractivity contribution in [1.82, 2.24) is 9.80 Å². The van der Waals surface area contributed by atoms with Crippen LogP contribution in [0.15, 0.2) is 0 Å². The van der Waals surface area contributed by atoms with Gasteiger partial charge in [0.1, 0.15) is 0 Å². The van der Waals surface area contributed by atoms with Crippen LogP contribution in [0.1, 0.15) is 38.5 Å². The lowest BCUT2D eigenvalue weighted by Gasteiger charge is -2.32. The molecule has 0 amide bonds. The molecule has 0 N–H and O–H groups in total. The number of piperidine rings is 1. The van der Waals surface area contributed by atoms with Gasteiger partial charge in [-0.25, -0.2) is 0 Å². The molecule has 1 saturated carbocycles. The second-order valence-corrected chi connectivity index (χ2v) is 6.75. The first-order valence-electron chi connectivity index (χ1n) is 7.39. The topological polar surface area (TPSA) is 6.48 Å². The van der Waals surface area contributed by atoms with Gasteiger partial charge in [-0.2, -0.15) is 12.6 Å². The zero-order chi connectivity index (χ0) is 11.7. The maximum Gasteiger partial charge on any atom is 0.0235 e. The number of thiol groups is 1. The van der Waals surface area contributed by atoms with E-state index >= 15 is 0 Å². The minimum absolute atomic E-state index is 0.611. The van der Waals surface area contributed by atoms with Crippen molar-refractivity contribution in [3.05, 3.63) is 0 Å². The molecule has 0 aromatic rings. The van der Waals surface area contributed by atoms with Gasteiger partial charge < -0.3 is 4.90 Å². The summed E-state index contributed by atoms with van der Waals surface area (Å²) in [7, 11) is 0. The molecule has 0 radical (unpaired) electrons. The van der Waals surface area contributed by atoms with Crippen molar-refractivity contribution in [2.75, 3.05) is 38.5 Å². The van der Waals surface area contributed by atoms with E-state index in [1.54, 1.807) is 0 Å². The van der Waals surface area contributed by atoms with Gasteiger partial charge in [-0.3, -0.25) is 4.90 Å². The van der Waals surface area contributed by atoms with Gasteiger partial charge in [-0.05, 0) is 62.9 Å². The molecule has 3 rings (SSSR count). The van der Waals surface area contributed by atoms with Crippen LogP contribution in [-0.2, 0) is 0 Å². The second kappa shape index (κ2) is 5.10. The zero-order valence-electron chi connectivity index (χ0n) is 10.9. The van der Waals surface area contributed by atoms with Crippen LogP contribution in [0.3, 0.4) is 0 Å². The summed E-state index contributed by atoms with van der Waals surface area (Å²) in [5.41, 5.74) is 0.611. The fraction of sp³-hybridized carbons (Fsp3) is 1.00. The van der Waals surface area contributed by atoms with Crippen LogP contribution in [0.4, 0.5) is 0 Å². The molecule has 2 nitrogen and oxygen atoms in total. The molecule has 0 aromatic carbocycles. The Kier molecular flexibility index (Phi) is 3.69. The Labute approximate surface area is 111 Å². The maximum absolute atomic E-state index is 4.52. The van der Waals surface area contributed by atoms with Crippen molar-refractivity contribution in [3.63, 3.8) is 0 Å². The molecule has 2 aliphatic heterocycles. The zero-order valence-corrected chi connectivity index (χ0v) is 11.8. The van der Waals surface area contributed by atoms with Gasteiger partial charge in [0.05, 0.1) is 0 Å². The Morgan fingerprint density at radius 3 is 2.47 bits per heavy atom. The van der Waals surface area contributed by atoms with Gasteiger partial charge in [0, 0.05) is 19.1 Å². The van der Waals surface area contributed by atoms with E-state index in [2.05, 4.69) is 22.4 Å². The predicted octanol–water partition coefficient (Wildman–Crippen LogP) is 2.26. The summed E-state index contributed by atoms with van der Waals surface area (Å²) in [5.74, 6) is 1.10. The first kappa shape index (κ1) is 12.3. The van der Waals surface area contributed by atoms with Crippen molar-refractivity contribution in [2.24, 2.45) is 5.41 Å². The third kappa shape index (κ3) is 2.82. The minimum Gasteiger partial charge on any atom is -0.301 e. The fourth-order valence-electron chi connectivity index (χ4n) is 3.55. The quantitative estimate of drug-likeness (QED) is 0.769. The van der Waals surface area contributed by atoms with Crippen molar-refractivity contribution in [3.8, 4) is 0 Å². The average Bonchev–Trinajstić information content (AvgIpc) is 3.00. The van der Waals surface area contributed by atoms with Crippen LogP contribution in [0.5, 0.6) is 0 Å². The van der Waals surface area contributed by atoms with E-state index < -0.39 is 0 Å². The molecule has 0 aromatic heterocycles. The van der Waals surface area contributed by atoms with Gasteiger partial charge in [0.15, 0.2) is 0 Å². The van der Waals surface area contributed by atoms with Crippen LogP contribution in [0, 0.1) is 5.41 Å². The molecule has 0 bridgehead atoms. The number of rotatable bonds is 4. The van der Waals surface area contributed by atoms with E-state index in [0.29, 0.717) is 5.41 Å². The highest BCUT2D eigenvalue weighted by Gasteiger charge is 2.43. The molecule has 3 aliphatic rings. The van der Waals surface area contributed by atoms with Crippen LogP contribution >= 0.6 is 12.6 Å². The fourth-order valence-corrected chi connectivity index (χ4v) is 3.97. The second-order valence-electron chi connectivity index (χ2n) is 6.43. The van der Waals surface area contributed by atoms with Gasteiger partial charge in [-0.1, -0.05) is 6.42 Å². The van der Waals surface area contributed by atoms with Crippen molar-refractivity contribution in [1.29, 1.82) is 0 Å². The molecule has 98 valence electrons. The third-order valence-electron chi connectivity index (χ3n) is 5.01. The van der Waals surface area contributed by atoms with Crippen molar-refractivity contribution < 1.29 is 0 Å². The molecule has 3 fully saturated rings. The highest BCUT2D eigenvalue weighted by atomic mass is 32.1. The number of hydrogen-bond acceptors (Lipinski definition) is 3. The standard InChI is InChI=1S/C14H26N2S/c17-12-14(5-6-14)11-15-9-4-13(10-15)16-7-2-1-3-8-16/h13,17H,1-12H2. The lowest BCUT2D eigenvalue weighted by atomic mass is 10.1. The highest BCUT2D eigenvalue weighted by Crippen LogP contribution is 2.47. The Hall–Kier alpha value is 0.270. The molecule has 1 unspecified atom stereocenters. The van der Waals surface area contributed by atoms with Crippen LogP contribution in [0.2, 0.25) is 0 Å². The smallest absolute Gasteiger partial charge is 0.0235 e. The van der Waals surface area contributed by atoms with Crippen LogP contribution in [-0.4, -0.2) is 54.3 Å². The predicted molar refractivity (Wildman–Crippen MR) is 75.8 cm³/mol. The van der Waals surface area contributed by atoms with Gasteiger partial charge in [0.2, 0.25) is 0 Å². The molecule has 3 heteroatoms. The summed E-state index contributed by atoms with van der Waals surface area (Å²) < 4.78 is 0. The molecule has 17 heavy (non-hydrogen) atoms. The Morgan fingerprint density at radius 1 is 1.06 bits per heavy atom. The Balaban J connectivity index is 1.48. The maximum atomic E-state index is 4.52. The molecule has 2 saturated heterocycles. The van der Waals surface area contributed by atoms with Gasteiger partial charge in [-0.15, -0.1) is 0 Å². The summed E-state index contributed by atoms with van der Waals surface area (Å²) in [5, 5.41) is 0. The van der Waals surface area contributed by atoms with Crippen molar-refractivity contribution in [2.45, 2.75) is 44.6 Å². The molecule has 0 spiro atoms. The molecule has 1 atom stereocenters. The Morgan fingerprint density at radius 2 is 1.82 bits per heavy atom. The van der Waals surface area contributed by atoms with Gasteiger partial charge in [0.25, 0.3) is 0 Å². The summed E-state index contributed by atoms with van der Waals surface area (Å²) in [4.78, 5) is 5.46. The molecule has 1 aliphatic carbocycles. The molecular formula is C14H26N2S. The van der Waals surface area contributed by atoms with E-state index in [1.165, 1.54) is 71.2 Å². The Bertz CT molecular complexity index is 259. The first-order chi connectivity index (χ1) is 8.31. The van der Waals surface area contributed by atoms with Crippen LogP contribution < -0.4 is 0 Å². The first-order valence-corrected chi connectivity index (χ1v) is 8.02. The normalized spacial score (nSPS) is 34.1. The molecule has 2 heterocycles. The third-order valence-corrected chi connectivity index (χ3v) is 5.68. The SMILES string of the molecule is SCC1(CN2CCC(N3CCCCC3)C2)CC1. The summed E-state index contributed by atoms with van der Waals surface area (Å²) >= 11 is 4.52. The van der Waals surface area contributed by atoms with Crippen LogP contribution in [0.25, 0.3) is 0 Å². The summed E-state index contributed by atoms with van der Waals surface area (Å²) in [6.07, 6.45) is 8.55. The average molecular weight is 254 g/mol. The lowest BCUT2D eigenvalue weighted by molar-refractivity contribution is 0.158. The number of nitrogens with zero attached hydrogens (tertiary/aromatic N) is 2.